The Labute approximate surface area is 103 Å². The van der Waals surface area contributed by atoms with E-state index in [0.29, 0.717) is 5.56 Å². The van der Waals surface area contributed by atoms with Crippen molar-refractivity contribution >= 4 is 11.5 Å². The molecule has 2 rings (SSSR count). The number of carbonyl (C=O) groups excluding carboxylic acids is 1. The van der Waals surface area contributed by atoms with E-state index < -0.39 is 23.2 Å². The molecule has 1 fully saturated rings. The zero-order valence-electron chi connectivity index (χ0n) is 9.65. The van der Waals surface area contributed by atoms with Gasteiger partial charge in [-0.25, -0.2) is 0 Å². The predicted molar refractivity (Wildman–Crippen MR) is 59.8 cm³/mol. The zero-order chi connectivity index (χ0) is 13.3. The summed E-state index contributed by atoms with van der Waals surface area (Å²) < 4.78 is 5.44. The van der Waals surface area contributed by atoms with Gasteiger partial charge in [0.1, 0.15) is 12.3 Å². The van der Waals surface area contributed by atoms with E-state index in [9.17, 15) is 20.0 Å². The molecular weight excluding hydrogens is 240 g/mol. The van der Waals surface area contributed by atoms with Gasteiger partial charge in [0.2, 0.25) is 0 Å². The minimum atomic E-state index is -1.16. The normalized spacial score (nSPS) is 28.1. The summed E-state index contributed by atoms with van der Waals surface area (Å²) in [5.41, 5.74) is 0.126. The second kappa shape index (κ2) is 4.79. The van der Waals surface area contributed by atoms with Gasteiger partial charge in [-0.05, 0) is 13.0 Å². The maximum absolute atomic E-state index is 11.6. The van der Waals surface area contributed by atoms with Crippen LogP contribution in [0.5, 0.6) is 0 Å². The van der Waals surface area contributed by atoms with Gasteiger partial charge in [-0.1, -0.05) is 0 Å². The topological polar surface area (TPSA) is 103 Å². The lowest BCUT2D eigenvalue weighted by Gasteiger charge is -2.30. The average Bonchev–Trinajstić information content (AvgIpc) is 2.35. The maximum Gasteiger partial charge on any atom is 0.293 e. The quantitative estimate of drug-likeness (QED) is 0.616. The zero-order valence-corrected chi connectivity index (χ0v) is 9.65. The van der Waals surface area contributed by atoms with E-state index in [1.54, 1.807) is 6.92 Å². The van der Waals surface area contributed by atoms with Gasteiger partial charge in [0.15, 0.2) is 5.78 Å². The average molecular weight is 252 g/mol. The highest BCUT2D eigenvalue weighted by Gasteiger charge is 2.36. The van der Waals surface area contributed by atoms with E-state index in [1.807, 2.05) is 0 Å². The van der Waals surface area contributed by atoms with Crippen molar-refractivity contribution < 1.29 is 19.6 Å². The molecular formula is C11H12N2O5. The van der Waals surface area contributed by atoms with E-state index in [1.165, 1.54) is 12.3 Å². The second-order valence-electron chi connectivity index (χ2n) is 4.14. The van der Waals surface area contributed by atoms with Crippen LogP contribution in [-0.2, 0) is 9.53 Å². The Hall–Kier alpha value is -1.86. The number of carbonyl (C=O) groups is 1. The summed E-state index contributed by atoms with van der Waals surface area (Å²) in [5, 5.41) is 20.3. The molecule has 1 N–H and O–H groups in total. The van der Waals surface area contributed by atoms with Crippen LogP contribution >= 0.6 is 0 Å². The van der Waals surface area contributed by atoms with Crippen molar-refractivity contribution in [1.29, 1.82) is 0 Å². The van der Waals surface area contributed by atoms with E-state index in [2.05, 4.69) is 4.98 Å². The molecule has 0 amide bonds. The summed E-state index contributed by atoms with van der Waals surface area (Å²) in [5.74, 6) is -0.370. The number of aliphatic hydroxyl groups excluding tert-OH is 1. The lowest BCUT2D eigenvalue weighted by molar-refractivity contribution is -0.386. The molecule has 1 aliphatic rings. The molecule has 0 aliphatic carbocycles. The SMILES string of the molecule is C[C@H]1OC(c2ccncc2[N+](=O)[O-])CC(=O)[C@@H]1O. The van der Waals surface area contributed by atoms with Crippen LogP contribution in [0.25, 0.3) is 0 Å². The molecule has 0 bridgehead atoms. The van der Waals surface area contributed by atoms with Crippen molar-refractivity contribution in [3.8, 4) is 0 Å². The molecule has 7 nitrogen and oxygen atoms in total. The summed E-state index contributed by atoms with van der Waals surface area (Å²) in [4.78, 5) is 25.5. The Kier molecular flexibility index (Phi) is 3.35. The first-order chi connectivity index (χ1) is 8.50. The van der Waals surface area contributed by atoms with Gasteiger partial charge < -0.3 is 9.84 Å². The number of aliphatic hydroxyl groups is 1. The molecule has 18 heavy (non-hydrogen) atoms. The number of ether oxygens (including phenoxy) is 1. The third kappa shape index (κ3) is 2.22. The summed E-state index contributed by atoms with van der Waals surface area (Å²) in [7, 11) is 0. The number of hydrogen-bond donors (Lipinski definition) is 1. The number of nitrogens with zero attached hydrogens (tertiary/aromatic N) is 2. The number of rotatable bonds is 2. The number of ketones is 1. The first kappa shape index (κ1) is 12.6. The third-order valence-electron chi connectivity index (χ3n) is 2.92. The van der Waals surface area contributed by atoms with Crippen molar-refractivity contribution in [2.75, 3.05) is 0 Å². The van der Waals surface area contributed by atoms with Crippen LogP contribution in [0.4, 0.5) is 5.69 Å². The smallest absolute Gasteiger partial charge is 0.293 e. The molecule has 96 valence electrons. The molecule has 0 saturated carbocycles. The molecule has 1 unspecified atom stereocenters. The maximum atomic E-state index is 11.6. The molecule has 0 aromatic carbocycles. The van der Waals surface area contributed by atoms with Crippen LogP contribution < -0.4 is 0 Å². The van der Waals surface area contributed by atoms with E-state index in [4.69, 9.17) is 4.74 Å². The monoisotopic (exact) mass is 252 g/mol. The Morgan fingerprint density at radius 1 is 1.61 bits per heavy atom. The molecule has 1 saturated heterocycles. The van der Waals surface area contributed by atoms with Crippen LogP contribution in [0.3, 0.4) is 0 Å². The second-order valence-corrected chi connectivity index (χ2v) is 4.14. The van der Waals surface area contributed by atoms with Gasteiger partial charge in [0.05, 0.1) is 22.7 Å². The Morgan fingerprint density at radius 2 is 2.33 bits per heavy atom. The number of pyridine rings is 1. The Morgan fingerprint density at radius 3 is 2.94 bits per heavy atom. The van der Waals surface area contributed by atoms with Crippen molar-refractivity contribution in [2.24, 2.45) is 0 Å². The summed E-state index contributed by atoms with van der Waals surface area (Å²) in [6, 6.07) is 1.46. The van der Waals surface area contributed by atoms with Gasteiger partial charge in [-0.15, -0.1) is 0 Å². The minimum Gasteiger partial charge on any atom is -0.383 e. The highest BCUT2D eigenvalue weighted by Crippen LogP contribution is 2.34. The summed E-state index contributed by atoms with van der Waals surface area (Å²) in [6.07, 6.45) is -0.0911. The predicted octanol–water partition coefficient (Wildman–Crippen LogP) is 0.770. The summed E-state index contributed by atoms with van der Waals surface area (Å²) >= 11 is 0. The van der Waals surface area contributed by atoms with Crippen molar-refractivity contribution in [3.05, 3.63) is 34.1 Å². The fraction of sp³-hybridized carbons (Fsp3) is 0.455. The van der Waals surface area contributed by atoms with E-state index >= 15 is 0 Å². The highest BCUT2D eigenvalue weighted by atomic mass is 16.6. The van der Waals surface area contributed by atoms with Gasteiger partial charge in [-0.2, -0.15) is 0 Å². The van der Waals surface area contributed by atoms with Crippen LogP contribution in [0.2, 0.25) is 0 Å². The minimum absolute atomic E-state index is 0.0731. The van der Waals surface area contributed by atoms with Gasteiger partial charge in [0, 0.05) is 12.6 Å². The first-order valence-electron chi connectivity index (χ1n) is 5.45. The standard InChI is InChI=1S/C11H12N2O5/c1-6-11(15)9(14)4-10(18-6)7-2-3-12-5-8(7)13(16)17/h2-3,5-6,10-11,15H,4H2,1H3/t6-,10?,11-/m1/s1. The molecule has 1 aliphatic heterocycles. The van der Waals surface area contributed by atoms with Crippen molar-refractivity contribution in [1.82, 2.24) is 4.98 Å². The fourth-order valence-corrected chi connectivity index (χ4v) is 1.95. The van der Waals surface area contributed by atoms with Crippen LogP contribution in [0, 0.1) is 10.1 Å². The number of hydrogen-bond acceptors (Lipinski definition) is 6. The number of nitro groups is 1. The number of Topliss-reactive ketones (excluding diaryl/α,β-unsaturated/α-hetero) is 1. The van der Waals surface area contributed by atoms with E-state index in [-0.39, 0.29) is 17.9 Å². The summed E-state index contributed by atoms with van der Waals surface area (Å²) in [6.45, 7) is 1.56. The molecule has 7 heteroatoms. The van der Waals surface area contributed by atoms with Crippen molar-refractivity contribution in [2.45, 2.75) is 31.7 Å². The number of aromatic nitrogens is 1. The lowest BCUT2D eigenvalue weighted by Crippen LogP contribution is -2.40. The van der Waals surface area contributed by atoms with Gasteiger partial charge in [-0.3, -0.25) is 19.9 Å². The largest absolute Gasteiger partial charge is 0.383 e. The fourth-order valence-electron chi connectivity index (χ4n) is 1.95. The van der Waals surface area contributed by atoms with Crippen LogP contribution in [0.1, 0.15) is 25.0 Å². The van der Waals surface area contributed by atoms with E-state index in [0.717, 1.165) is 6.20 Å². The highest BCUT2D eigenvalue weighted by molar-refractivity contribution is 5.84. The first-order valence-corrected chi connectivity index (χ1v) is 5.45. The van der Waals surface area contributed by atoms with Gasteiger partial charge >= 0.3 is 0 Å². The lowest BCUT2D eigenvalue weighted by atomic mass is 9.95. The molecule has 0 radical (unpaired) electrons. The molecule has 3 atom stereocenters. The van der Waals surface area contributed by atoms with Crippen LogP contribution in [0.15, 0.2) is 18.5 Å². The molecule has 1 aromatic rings. The van der Waals surface area contributed by atoms with Crippen molar-refractivity contribution in [3.63, 3.8) is 0 Å². The molecule has 0 spiro atoms. The Balaban J connectivity index is 2.32. The van der Waals surface area contributed by atoms with Crippen LogP contribution in [-0.4, -0.2) is 33.0 Å². The van der Waals surface area contributed by atoms with Gasteiger partial charge in [0.25, 0.3) is 5.69 Å². The molecule has 2 heterocycles. The molecule has 1 aromatic heterocycles. The third-order valence-corrected chi connectivity index (χ3v) is 2.92. The Bertz CT molecular complexity index is 490.